The van der Waals surface area contributed by atoms with E-state index in [0.29, 0.717) is 22.0 Å². The fourth-order valence-electron chi connectivity index (χ4n) is 3.31. The summed E-state index contributed by atoms with van der Waals surface area (Å²) in [6.45, 7) is 0. The van der Waals surface area contributed by atoms with E-state index in [2.05, 4.69) is 26.6 Å². The summed E-state index contributed by atoms with van der Waals surface area (Å²) in [5.41, 5.74) is 1.38. The first-order valence-electron chi connectivity index (χ1n) is 9.85. The number of anilines is 3. The largest absolute Gasteiger partial charge is 0.495 e. The van der Waals surface area contributed by atoms with Crippen LogP contribution in [0.5, 0.6) is 5.75 Å². The first-order valence-corrected chi connectivity index (χ1v) is 11.4. The minimum atomic E-state index is -0.724. The molecule has 1 aliphatic heterocycles. The Balaban J connectivity index is 1.58. The zero-order chi connectivity index (χ0) is 24.4. The summed E-state index contributed by atoms with van der Waals surface area (Å²) in [4.78, 5) is 39.6. The van der Waals surface area contributed by atoms with Gasteiger partial charge in [-0.3, -0.25) is 14.4 Å². The number of ether oxygens (including phenoxy) is 1. The molecule has 7 nitrogen and oxygen atoms in total. The predicted molar refractivity (Wildman–Crippen MR) is 136 cm³/mol. The van der Waals surface area contributed by atoms with Gasteiger partial charge >= 0.3 is 0 Å². The number of halogens is 3. The molecule has 10 heteroatoms. The number of benzene rings is 3. The summed E-state index contributed by atoms with van der Waals surface area (Å²) in [6, 6.07) is 18.2. The molecule has 1 aliphatic rings. The second-order valence-electron chi connectivity index (χ2n) is 7.09. The maximum absolute atomic E-state index is 13.1. The van der Waals surface area contributed by atoms with Gasteiger partial charge in [-0.2, -0.15) is 0 Å². The Labute approximate surface area is 213 Å². The molecule has 3 aromatic carbocycles. The highest BCUT2D eigenvalue weighted by Crippen LogP contribution is 2.37. The number of nitrogens with one attached hydrogen (secondary N) is 2. The van der Waals surface area contributed by atoms with Crippen molar-refractivity contribution >= 4 is 73.9 Å². The lowest BCUT2D eigenvalue weighted by molar-refractivity contribution is -0.120. The van der Waals surface area contributed by atoms with E-state index in [1.165, 1.54) is 13.2 Å². The zero-order valence-electron chi connectivity index (χ0n) is 17.6. The van der Waals surface area contributed by atoms with Crippen LogP contribution < -0.4 is 20.3 Å². The van der Waals surface area contributed by atoms with Gasteiger partial charge in [0.1, 0.15) is 16.5 Å². The van der Waals surface area contributed by atoms with Crippen LogP contribution in [0.15, 0.2) is 81.9 Å². The summed E-state index contributed by atoms with van der Waals surface area (Å²) in [5, 5.41) is 5.70. The van der Waals surface area contributed by atoms with Gasteiger partial charge in [-0.25, -0.2) is 4.90 Å². The maximum atomic E-state index is 13.1. The lowest BCUT2D eigenvalue weighted by Crippen LogP contribution is -2.32. The Morgan fingerprint density at radius 1 is 0.971 bits per heavy atom. The van der Waals surface area contributed by atoms with Gasteiger partial charge in [0, 0.05) is 20.7 Å². The molecular formula is C24H16BrCl2N3O4. The molecule has 0 radical (unpaired) electrons. The van der Waals surface area contributed by atoms with E-state index < -0.39 is 11.8 Å². The number of nitrogens with zero attached hydrogens (tertiary/aromatic N) is 1. The van der Waals surface area contributed by atoms with Crippen LogP contribution in [-0.2, 0) is 9.59 Å². The van der Waals surface area contributed by atoms with Crippen LogP contribution in [0, 0.1) is 0 Å². The van der Waals surface area contributed by atoms with Crippen molar-refractivity contribution in [2.24, 2.45) is 0 Å². The molecule has 0 fully saturated rings. The second kappa shape index (κ2) is 9.89. The van der Waals surface area contributed by atoms with E-state index in [9.17, 15) is 14.4 Å². The molecule has 3 aromatic rings. The van der Waals surface area contributed by atoms with Crippen molar-refractivity contribution in [3.05, 3.63) is 92.5 Å². The Morgan fingerprint density at radius 3 is 2.47 bits per heavy atom. The number of imide groups is 1. The van der Waals surface area contributed by atoms with Crippen LogP contribution in [0.2, 0.25) is 5.02 Å². The fourth-order valence-corrected chi connectivity index (χ4v) is 4.07. The molecule has 34 heavy (non-hydrogen) atoms. The monoisotopic (exact) mass is 559 g/mol. The van der Waals surface area contributed by atoms with Crippen molar-refractivity contribution in [1.82, 2.24) is 0 Å². The lowest BCUT2D eigenvalue weighted by atomic mass is 10.1. The highest BCUT2D eigenvalue weighted by Gasteiger charge is 2.40. The summed E-state index contributed by atoms with van der Waals surface area (Å²) >= 11 is 15.7. The molecule has 0 atom stereocenters. The lowest BCUT2D eigenvalue weighted by Gasteiger charge is -2.18. The predicted octanol–water partition coefficient (Wildman–Crippen LogP) is 5.80. The third kappa shape index (κ3) is 4.65. The van der Waals surface area contributed by atoms with E-state index in [-0.39, 0.29) is 28.1 Å². The normalized spacial score (nSPS) is 13.4. The summed E-state index contributed by atoms with van der Waals surface area (Å²) < 4.78 is 6.00. The quantitative estimate of drug-likeness (QED) is 0.372. The number of rotatable bonds is 6. The number of carbonyl (C=O) groups excluding carboxylic acids is 3. The molecule has 0 bridgehead atoms. The van der Waals surface area contributed by atoms with E-state index in [0.717, 1.165) is 9.37 Å². The summed E-state index contributed by atoms with van der Waals surface area (Å²) in [6.07, 6.45) is 0. The van der Waals surface area contributed by atoms with Crippen LogP contribution in [0.25, 0.3) is 0 Å². The number of para-hydroxylation sites is 1. The number of hydrogen-bond acceptors (Lipinski definition) is 5. The maximum Gasteiger partial charge on any atom is 0.283 e. The van der Waals surface area contributed by atoms with Gasteiger partial charge in [0.2, 0.25) is 0 Å². The van der Waals surface area contributed by atoms with Crippen molar-refractivity contribution in [3.8, 4) is 5.75 Å². The number of hydrogen-bond donors (Lipinski definition) is 2. The smallest absolute Gasteiger partial charge is 0.283 e. The summed E-state index contributed by atoms with van der Waals surface area (Å²) in [5.74, 6) is -1.48. The standard InChI is InChI=1S/C24H16BrCl2N3O4/c1-34-19-10-9-14(26)12-18(19)30-23(32)20(27)21(24(30)33)28-15-6-4-5-13(11-15)22(31)29-17-8-3-2-7-16(17)25/h2-12,28H,1H3,(H,29,31). The van der Waals surface area contributed by atoms with Gasteiger partial charge in [-0.15, -0.1) is 0 Å². The van der Waals surface area contributed by atoms with Crippen LogP contribution in [0.1, 0.15) is 10.4 Å². The first kappa shape index (κ1) is 23.8. The second-order valence-corrected chi connectivity index (χ2v) is 8.76. The van der Waals surface area contributed by atoms with Crippen LogP contribution in [0.4, 0.5) is 17.1 Å². The van der Waals surface area contributed by atoms with Crippen LogP contribution in [0.3, 0.4) is 0 Å². The van der Waals surface area contributed by atoms with Gasteiger partial charge in [-0.05, 0) is 64.5 Å². The molecule has 0 unspecified atom stereocenters. The molecule has 3 amide bonds. The van der Waals surface area contributed by atoms with E-state index in [1.807, 2.05) is 12.1 Å². The van der Waals surface area contributed by atoms with Crippen molar-refractivity contribution < 1.29 is 19.1 Å². The van der Waals surface area contributed by atoms with Gasteiger partial charge in [-0.1, -0.05) is 41.4 Å². The van der Waals surface area contributed by atoms with Crippen molar-refractivity contribution in [3.63, 3.8) is 0 Å². The Bertz CT molecular complexity index is 1360. The molecule has 0 spiro atoms. The Morgan fingerprint density at radius 2 is 1.74 bits per heavy atom. The minimum Gasteiger partial charge on any atom is -0.495 e. The van der Waals surface area contributed by atoms with Crippen molar-refractivity contribution in [1.29, 1.82) is 0 Å². The molecule has 0 aliphatic carbocycles. The van der Waals surface area contributed by atoms with E-state index in [1.54, 1.807) is 48.5 Å². The molecule has 0 aromatic heterocycles. The highest BCUT2D eigenvalue weighted by molar-refractivity contribution is 9.10. The third-order valence-electron chi connectivity index (χ3n) is 4.93. The van der Waals surface area contributed by atoms with E-state index in [4.69, 9.17) is 27.9 Å². The molecule has 0 saturated heterocycles. The molecule has 4 rings (SSSR count). The number of methoxy groups -OCH3 is 1. The topological polar surface area (TPSA) is 87.7 Å². The molecule has 172 valence electrons. The van der Waals surface area contributed by atoms with Gasteiger partial charge in [0.05, 0.1) is 18.5 Å². The first-order chi connectivity index (χ1) is 16.3. The van der Waals surface area contributed by atoms with Gasteiger partial charge in [0.15, 0.2) is 0 Å². The fraction of sp³-hybridized carbons (Fsp3) is 0.0417. The van der Waals surface area contributed by atoms with Crippen LogP contribution in [-0.4, -0.2) is 24.8 Å². The minimum absolute atomic E-state index is 0.128. The zero-order valence-corrected chi connectivity index (χ0v) is 20.7. The highest BCUT2D eigenvalue weighted by atomic mass is 79.9. The van der Waals surface area contributed by atoms with Gasteiger partial charge in [0.25, 0.3) is 17.7 Å². The summed E-state index contributed by atoms with van der Waals surface area (Å²) in [7, 11) is 1.41. The molecule has 1 heterocycles. The Kier molecular flexibility index (Phi) is 6.92. The third-order valence-corrected chi connectivity index (χ3v) is 6.20. The van der Waals surface area contributed by atoms with E-state index >= 15 is 0 Å². The SMILES string of the molecule is COc1ccc(Cl)cc1N1C(=O)C(Cl)=C(Nc2cccc(C(=O)Nc3ccccc3Br)c2)C1=O. The number of amides is 3. The molecule has 0 saturated carbocycles. The Hall–Kier alpha value is -3.33. The average molecular weight is 561 g/mol. The van der Waals surface area contributed by atoms with Gasteiger partial charge < -0.3 is 15.4 Å². The molecule has 2 N–H and O–H groups in total. The number of carbonyl (C=O) groups is 3. The average Bonchev–Trinajstić information content (AvgIpc) is 3.03. The van der Waals surface area contributed by atoms with Crippen LogP contribution >= 0.6 is 39.1 Å². The van der Waals surface area contributed by atoms with Crippen molar-refractivity contribution in [2.75, 3.05) is 22.6 Å². The molecular weight excluding hydrogens is 545 g/mol. The van der Waals surface area contributed by atoms with Crippen molar-refractivity contribution in [2.45, 2.75) is 0 Å².